The van der Waals surface area contributed by atoms with Crippen molar-refractivity contribution >= 4 is 21.6 Å². The molecule has 1 N–H and O–H groups in total. The first kappa shape index (κ1) is 9.89. The first-order chi connectivity index (χ1) is 6.86. The second-order valence-corrected chi connectivity index (χ2v) is 3.92. The predicted octanol–water partition coefficient (Wildman–Crippen LogP) is 1.50. The van der Waals surface area contributed by atoms with Gasteiger partial charge in [0.05, 0.1) is 23.4 Å². The van der Waals surface area contributed by atoms with Gasteiger partial charge in [-0.2, -0.15) is 0 Å². The van der Waals surface area contributed by atoms with E-state index < -0.39 is 0 Å². The Bertz CT molecular complexity index is 302. The van der Waals surface area contributed by atoms with Crippen LogP contribution in [0.2, 0.25) is 0 Å². The molecule has 2 rings (SSSR count). The minimum absolute atomic E-state index is 0.787. The van der Waals surface area contributed by atoms with E-state index in [4.69, 9.17) is 4.74 Å². The summed E-state index contributed by atoms with van der Waals surface area (Å²) in [5, 5.41) is 2.14. The largest absolute Gasteiger partial charge is 0.379 e. The van der Waals surface area contributed by atoms with E-state index in [0.717, 1.165) is 36.5 Å². The van der Waals surface area contributed by atoms with Crippen LogP contribution in [0.15, 0.2) is 22.9 Å². The molecule has 1 aliphatic heterocycles. The highest BCUT2D eigenvalue weighted by atomic mass is 79.9. The lowest BCUT2D eigenvalue weighted by atomic mass is 10.4. The van der Waals surface area contributed by atoms with E-state index in [0.29, 0.717) is 0 Å². The summed E-state index contributed by atoms with van der Waals surface area (Å²) in [6.45, 7) is 3.40. The Balaban J connectivity index is 1.99. The molecule has 4 nitrogen and oxygen atoms in total. The molecule has 1 fully saturated rings. The lowest BCUT2D eigenvalue weighted by molar-refractivity contribution is 0.0496. The van der Waals surface area contributed by atoms with Crippen LogP contribution in [0.4, 0.5) is 5.69 Å². The van der Waals surface area contributed by atoms with Gasteiger partial charge >= 0.3 is 0 Å². The number of rotatable bonds is 2. The standard InChI is InChI=1S/C9H12BrN3O/c10-8-7-11-2-1-9(8)12-13-3-5-14-6-4-13/h1-2,7H,3-6H2,(H,11,12). The lowest BCUT2D eigenvalue weighted by Gasteiger charge is -2.28. The Morgan fingerprint density at radius 2 is 2.21 bits per heavy atom. The number of nitrogens with one attached hydrogen (secondary N) is 1. The minimum Gasteiger partial charge on any atom is -0.379 e. The predicted molar refractivity (Wildman–Crippen MR) is 58.0 cm³/mol. The van der Waals surface area contributed by atoms with E-state index in [2.05, 4.69) is 31.3 Å². The summed E-state index contributed by atoms with van der Waals surface area (Å²) in [5.41, 5.74) is 4.36. The Hall–Kier alpha value is -0.650. The molecule has 0 bridgehead atoms. The third kappa shape index (κ3) is 2.43. The molecule has 0 amide bonds. The first-order valence-corrected chi connectivity index (χ1v) is 5.34. The van der Waals surface area contributed by atoms with Gasteiger partial charge in [0.1, 0.15) is 0 Å². The van der Waals surface area contributed by atoms with Crippen molar-refractivity contribution < 1.29 is 4.74 Å². The van der Waals surface area contributed by atoms with Crippen LogP contribution in [0.5, 0.6) is 0 Å². The van der Waals surface area contributed by atoms with Crippen molar-refractivity contribution in [2.75, 3.05) is 31.7 Å². The van der Waals surface area contributed by atoms with Crippen LogP contribution in [0.3, 0.4) is 0 Å². The van der Waals surface area contributed by atoms with E-state index in [-0.39, 0.29) is 0 Å². The summed E-state index contributed by atoms with van der Waals surface area (Å²) in [6.07, 6.45) is 3.55. The minimum atomic E-state index is 0.787. The molecule has 1 aliphatic rings. The molecule has 0 saturated carbocycles. The van der Waals surface area contributed by atoms with Gasteiger partial charge in [-0.15, -0.1) is 0 Å². The Morgan fingerprint density at radius 1 is 1.43 bits per heavy atom. The Kier molecular flexibility index (Phi) is 3.34. The van der Waals surface area contributed by atoms with Crippen LogP contribution in [0.25, 0.3) is 0 Å². The fourth-order valence-electron chi connectivity index (χ4n) is 1.31. The number of hydrazine groups is 1. The smallest absolute Gasteiger partial charge is 0.0663 e. The SMILES string of the molecule is Brc1cnccc1NN1CCOCC1. The second kappa shape index (κ2) is 4.72. The lowest BCUT2D eigenvalue weighted by Crippen LogP contribution is -2.40. The van der Waals surface area contributed by atoms with Crippen LogP contribution in [0.1, 0.15) is 0 Å². The van der Waals surface area contributed by atoms with Gasteiger partial charge in [-0.1, -0.05) is 0 Å². The quantitative estimate of drug-likeness (QED) is 0.872. The maximum absolute atomic E-state index is 5.26. The molecular weight excluding hydrogens is 246 g/mol. The zero-order valence-electron chi connectivity index (χ0n) is 7.74. The van der Waals surface area contributed by atoms with Gasteiger partial charge < -0.3 is 10.2 Å². The maximum Gasteiger partial charge on any atom is 0.0663 e. The van der Waals surface area contributed by atoms with Crippen molar-refractivity contribution in [1.82, 2.24) is 9.99 Å². The van der Waals surface area contributed by atoms with Crippen LogP contribution in [-0.4, -0.2) is 36.3 Å². The van der Waals surface area contributed by atoms with E-state index in [1.54, 1.807) is 12.4 Å². The van der Waals surface area contributed by atoms with Gasteiger partial charge in [-0.3, -0.25) is 4.98 Å². The molecule has 1 aromatic heterocycles. The number of hydrogen-bond acceptors (Lipinski definition) is 4. The fourth-order valence-corrected chi connectivity index (χ4v) is 1.65. The second-order valence-electron chi connectivity index (χ2n) is 3.07. The van der Waals surface area contributed by atoms with E-state index in [1.807, 2.05) is 6.07 Å². The molecule has 1 aromatic rings. The van der Waals surface area contributed by atoms with Crippen LogP contribution in [-0.2, 0) is 4.74 Å². The highest BCUT2D eigenvalue weighted by Gasteiger charge is 2.10. The van der Waals surface area contributed by atoms with E-state index >= 15 is 0 Å². The summed E-state index contributed by atoms with van der Waals surface area (Å²) >= 11 is 3.44. The number of pyridine rings is 1. The van der Waals surface area contributed by atoms with Crippen molar-refractivity contribution in [3.8, 4) is 0 Å². The molecule has 0 aliphatic carbocycles. The van der Waals surface area contributed by atoms with Gasteiger partial charge in [0.15, 0.2) is 0 Å². The summed E-state index contributed by atoms with van der Waals surface area (Å²) in [4.78, 5) is 4.01. The van der Waals surface area contributed by atoms with Crippen molar-refractivity contribution in [2.45, 2.75) is 0 Å². The monoisotopic (exact) mass is 257 g/mol. The summed E-state index contributed by atoms with van der Waals surface area (Å²) in [5.74, 6) is 0. The van der Waals surface area contributed by atoms with Gasteiger partial charge in [-0.25, -0.2) is 5.01 Å². The zero-order chi connectivity index (χ0) is 9.80. The van der Waals surface area contributed by atoms with Gasteiger partial charge in [0, 0.05) is 25.5 Å². The van der Waals surface area contributed by atoms with Crippen LogP contribution in [0, 0.1) is 0 Å². The van der Waals surface area contributed by atoms with Crippen LogP contribution < -0.4 is 5.43 Å². The molecule has 0 spiro atoms. The molecule has 5 heteroatoms. The average Bonchev–Trinajstić information content (AvgIpc) is 2.23. The van der Waals surface area contributed by atoms with Crippen molar-refractivity contribution in [1.29, 1.82) is 0 Å². The van der Waals surface area contributed by atoms with Crippen molar-refractivity contribution in [3.63, 3.8) is 0 Å². The molecule has 0 aromatic carbocycles. The molecule has 0 radical (unpaired) electrons. The number of hydrogen-bond donors (Lipinski definition) is 1. The van der Waals surface area contributed by atoms with Gasteiger partial charge in [0.2, 0.25) is 0 Å². The van der Waals surface area contributed by atoms with Gasteiger partial charge in [-0.05, 0) is 22.0 Å². The molecule has 0 unspecified atom stereocenters. The summed E-state index contributed by atoms with van der Waals surface area (Å²) in [6, 6.07) is 1.94. The summed E-state index contributed by atoms with van der Waals surface area (Å²) in [7, 11) is 0. The van der Waals surface area contributed by atoms with Crippen molar-refractivity contribution in [2.24, 2.45) is 0 Å². The summed E-state index contributed by atoms with van der Waals surface area (Å²) < 4.78 is 6.24. The molecule has 76 valence electrons. The van der Waals surface area contributed by atoms with E-state index in [1.165, 1.54) is 0 Å². The molecular formula is C9H12BrN3O. The highest BCUT2D eigenvalue weighted by molar-refractivity contribution is 9.10. The highest BCUT2D eigenvalue weighted by Crippen LogP contribution is 2.20. The third-order valence-electron chi connectivity index (χ3n) is 2.06. The van der Waals surface area contributed by atoms with Crippen molar-refractivity contribution in [3.05, 3.63) is 22.9 Å². The van der Waals surface area contributed by atoms with Crippen LogP contribution >= 0.6 is 15.9 Å². The normalized spacial score (nSPS) is 18.1. The number of nitrogens with zero attached hydrogens (tertiary/aromatic N) is 2. The number of halogens is 1. The number of aromatic nitrogens is 1. The first-order valence-electron chi connectivity index (χ1n) is 4.55. The molecule has 14 heavy (non-hydrogen) atoms. The molecule has 0 atom stereocenters. The third-order valence-corrected chi connectivity index (χ3v) is 2.69. The maximum atomic E-state index is 5.26. The van der Waals surface area contributed by atoms with Gasteiger partial charge in [0.25, 0.3) is 0 Å². The number of anilines is 1. The van der Waals surface area contributed by atoms with E-state index in [9.17, 15) is 0 Å². The number of ether oxygens (including phenoxy) is 1. The fraction of sp³-hybridized carbons (Fsp3) is 0.444. The topological polar surface area (TPSA) is 37.4 Å². The Labute approximate surface area is 91.4 Å². The zero-order valence-corrected chi connectivity index (χ0v) is 9.33. The average molecular weight is 258 g/mol. The number of morpholine rings is 1. The molecule has 2 heterocycles. The molecule has 1 saturated heterocycles. The Morgan fingerprint density at radius 3 is 2.93 bits per heavy atom.